The maximum atomic E-state index is 6.12. The van der Waals surface area contributed by atoms with Crippen LogP contribution in [0, 0.1) is 0 Å². The Labute approximate surface area is 200 Å². The zero-order valence-electron chi connectivity index (χ0n) is 19.4. The molecule has 33 heavy (non-hydrogen) atoms. The highest BCUT2D eigenvalue weighted by molar-refractivity contribution is 6.61. The zero-order valence-corrected chi connectivity index (χ0v) is 20.2. The second-order valence-corrected chi connectivity index (χ2v) is 9.64. The lowest BCUT2D eigenvalue weighted by atomic mass is 9.92. The van der Waals surface area contributed by atoms with Crippen LogP contribution >= 0.6 is 11.6 Å². The molecule has 0 radical (unpaired) electrons. The van der Waals surface area contributed by atoms with E-state index in [4.69, 9.17) is 21.6 Å². The minimum absolute atomic E-state index is 0.374. The van der Waals surface area contributed by atoms with Crippen LogP contribution in [0.25, 0.3) is 10.8 Å². The van der Waals surface area contributed by atoms with Crippen molar-refractivity contribution in [2.45, 2.75) is 39.5 Å². The van der Waals surface area contributed by atoms with Gasteiger partial charge in [0.05, 0.1) is 22.8 Å². The van der Waals surface area contributed by atoms with E-state index in [1.54, 1.807) is 0 Å². The van der Waals surface area contributed by atoms with Crippen LogP contribution in [0.15, 0.2) is 88.8 Å². The molecule has 0 N–H and O–H groups in total. The molecule has 0 spiro atoms. The van der Waals surface area contributed by atoms with Crippen LogP contribution in [0.4, 0.5) is 11.4 Å². The van der Waals surface area contributed by atoms with Crippen LogP contribution < -0.4 is 0 Å². The average Bonchev–Trinajstić information content (AvgIpc) is 3.09. The molecule has 0 bridgehead atoms. The topological polar surface area (TPSA) is 24.7 Å². The van der Waals surface area contributed by atoms with E-state index >= 15 is 0 Å². The van der Waals surface area contributed by atoms with Crippen molar-refractivity contribution in [2.75, 3.05) is 0 Å². The number of rotatable bonds is 4. The van der Waals surface area contributed by atoms with Crippen molar-refractivity contribution in [2.24, 2.45) is 9.98 Å². The Bertz CT molecular complexity index is 1380. The molecule has 4 aromatic rings. The van der Waals surface area contributed by atoms with Crippen LogP contribution in [0.1, 0.15) is 61.8 Å². The molecule has 164 valence electrons. The lowest BCUT2D eigenvalue weighted by Gasteiger charge is -2.17. The van der Waals surface area contributed by atoms with E-state index in [1.165, 1.54) is 21.9 Å². The van der Waals surface area contributed by atoms with Crippen molar-refractivity contribution in [1.82, 2.24) is 0 Å². The first-order chi connectivity index (χ1) is 15.9. The number of para-hydroxylation sites is 1. The highest BCUT2D eigenvalue weighted by atomic mass is 35.5. The van der Waals surface area contributed by atoms with E-state index in [1.807, 2.05) is 24.3 Å². The van der Waals surface area contributed by atoms with E-state index in [9.17, 15) is 0 Å². The minimum atomic E-state index is 0.374. The fraction of sp³-hybridized carbons (Fsp3) is 0.200. The van der Waals surface area contributed by atoms with E-state index in [0.29, 0.717) is 16.9 Å². The van der Waals surface area contributed by atoms with Crippen LogP contribution in [0.2, 0.25) is 5.02 Å². The third-order valence-corrected chi connectivity index (χ3v) is 6.52. The summed E-state index contributed by atoms with van der Waals surface area (Å²) in [7, 11) is 0. The molecule has 0 unspecified atom stereocenters. The molecule has 1 aliphatic rings. The normalized spacial score (nSPS) is 15.5. The van der Waals surface area contributed by atoms with Crippen molar-refractivity contribution < 1.29 is 0 Å². The fourth-order valence-corrected chi connectivity index (χ4v) is 4.74. The molecule has 0 heterocycles. The van der Waals surface area contributed by atoms with Gasteiger partial charge in [-0.15, -0.1) is 0 Å². The van der Waals surface area contributed by atoms with E-state index in [-0.39, 0.29) is 0 Å². The quantitative estimate of drug-likeness (QED) is 0.296. The summed E-state index contributed by atoms with van der Waals surface area (Å²) in [4.78, 5) is 10.5. The van der Waals surface area contributed by atoms with Gasteiger partial charge < -0.3 is 0 Å². The van der Waals surface area contributed by atoms with E-state index < -0.39 is 0 Å². The number of nitrogens with zero attached hydrogens (tertiary/aromatic N) is 2. The summed E-state index contributed by atoms with van der Waals surface area (Å²) in [6.07, 6.45) is 0. The standard InChI is InChI=1S/C30H27ClN2/c1-18(2)23-10-7-11-24(19(3)4)28(23)33-30-26-13-6-9-20-8-5-12-25(27(20)26)29(30)32-22-16-14-21(31)15-17-22/h5-19H,1-4H3. The Morgan fingerprint density at radius 3 is 1.67 bits per heavy atom. The second kappa shape index (κ2) is 8.61. The highest BCUT2D eigenvalue weighted by Crippen LogP contribution is 2.39. The predicted octanol–water partition coefficient (Wildman–Crippen LogP) is 9.00. The van der Waals surface area contributed by atoms with Gasteiger partial charge in [-0.05, 0) is 52.6 Å². The molecule has 0 aliphatic heterocycles. The van der Waals surface area contributed by atoms with Crippen LogP contribution in [-0.4, -0.2) is 11.4 Å². The van der Waals surface area contributed by atoms with Gasteiger partial charge in [0.1, 0.15) is 0 Å². The van der Waals surface area contributed by atoms with Crippen molar-refractivity contribution in [3.8, 4) is 0 Å². The lowest BCUT2D eigenvalue weighted by molar-refractivity contribution is 0.835. The largest absolute Gasteiger partial charge is 0.246 e. The minimum Gasteiger partial charge on any atom is -0.246 e. The van der Waals surface area contributed by atoms with Crippen molar-refractivity contribution in [3.63, 3.8) is 0 Å². The summed E-state index contributed by atoms with van der Waals surface area (Å²) in [5.74, 6) is 0.749. The van der Waals surface area contributed by atoms with Gasteiger partial charge in [-0.2, -0.15) is 0 Å². The Hall–Kier alpha value is -3.23. The van der Waals surface area contributed by atoms with Gasteiger partial charge in [0, 0.05) is 21.5 Å². The monoisotopic (exact) mass is 450 g/mol. The third kappa shape index (κ3) is 3.89. The molecular formula is C30H27ClN2. The van der Waals surface area contributed by atoms with Gasteiger partial charge in [-0.3, -0.25) is 0 Å². The smallest absolute Gasteiger partial charge is 0.0979 e. The molecule has 0 saturated carbocycles. The highest BCUT2D eigenvalue weighted by Gasteiger charge is 2.28. The van der Waals surface area contributed by atoms with Crippen LogP contribution in [0.3, 0.4) is 0 Å². The summed E-state index contributed by atoms with van der Waals surface area (Å²) < 4.78 is 0. The molecule has 2 nitrogen and oxygen atoms in total. The van der Waals surface area contributed by atoms with Gasteiger partial charge in [0.2, 0.25) is 0 Å². The number of halogens is 1. The molecule has 0 aromatic heterocycles. The molecule has 5 rings (SSSR count). The maximum Gasteiger partial charge on any atom is 0.0979 e. The van der Waals surface area contributed by atoms with Gasteiger partial charge in [0.15, 0.2) is 0 Å². The third-order valence-electron chi connectivity index (χ3n) is 6.27. The van der Waals surface area contributed by atoms with E-state index in [2.05, 4.69) is 82.3 Å². The summed E-state index contributed by atoms with van der Waals surface area (Å²) in [5, 5.41) is 3.14. The van der Waals surface area contributed by atoms with Crippen molar-refractivity contribution >= 4 is 45.2 Å². The molecule has 0 fully saturated rings. The number of hydrogen-bond donors (Lipinski definition) is 0. The number of aliphatic imine (C=N–C) groups is 2. The first-order valence-corrected chi connectivity index (χ1v) is 11.9. The Kier molecular flexibility index (Phi) is 5.64. The first-order valence-electron chi connectivity index (χ1n) is 11.5. The SMILES string of the molecule is CC(C)c1cccc(C(C)C)c1N=C1C(=Nc2ccc(Cl)cc2)c2cccc3cccc1c23. The molecule has 0 amide bonds. The summed E-state index contributed by atoms with van der Waals surface area (Å²) in [6.45, 7) is 8.93. The van der Waals surface area contributed by atoms with Gasteiger partial charge in [0.25, 0.3) is 0 Å². The average molecular weight is 451 g/mol. The second-order valence-electron chi connectivity index (χ2n) is 9.20. The number of benzene rings is 4. The molecule has 0 saturated heterocycles. The zero-order chi connectivity index (χ0) is 23.1. The lowest BCUT2D eigenvalue weighted by Crippen LogP contribution is -2.11. The van der Waals surface area contributed by atoms with Gasteiger partial charge in [-0.25, -0.2) is 9.98 Å². The van der Waals surface area contributed by atoms with Crippen molar-refractivity contribution in [1.29, 1.82) is 0 Å². The van der Waals surface area contributed by atoms with Gasteiger partial charge >= 0.3 is 0 Å². The molecule has 0 atom stereocenters. The molecule has 1 aliphatic carbocycles. The molecule has 4 aromatic carbocycles. The number of hydrogen-bond acceptors (Lipinski definition) is 2. The Morgan fingerprint density at radius 1 is 0.606 bits per heavy atom. The molecular weight excluding hydrogens is 424 g/mol. The molecule has 3 heteroatoms. The van der Waals surface area contributed by atoms with Crippen LogP contribution in [-0.2, 0) is 0 Å². The fourth-order valence-electron chi connectivity index (χ4n) is 4.61. The van der Waals surface area contributed by atoms with Gasteiger partial charge in [-0.1, -0.05) is 93.9 Å². The predicted molar refractivity (Wildman–Crippen MR) is 142 cm³/mol. The first kappa shape index (κ1) is 21.6. The maximum absolute atomic E-state index is 6.12. The summed E-state index contributed by atoms with van der Waals surface area (Å²) in [6, 6.07) is 27.1. The summed E-state index contributed by atoms with van der Waals surface area (Å²) in [5.41, 5.74) is 8.60. The van der Waals surface area contributed by atoms with E-state index in [0.717, 1.165) is 33.9 Å². The Balaban J connectivity index is 1.82. The Morgan fingerprint density at radius 2 is 1.12 bits per heavy atom. The van der Waals surface area contributed by atoms with Crippen molar-refractivity contribution in [3.05, 3.63) is 106 Å². The van der Waals surface area contributed by atoms with Crippen LogP contribution in [0.5, 0.6) is 0 Å². The summed E-state index contributed by atoms with van der Waals surface area (Å²) >= 11 is 6.12.